The summed E-state index contributed by atoms with van der Waals surface area (Å²) in [5.41, 5.74) is 2.33. The van der Waals surface area contributed by atoms with Gasteiger partial charge in [-0.15, -0.1) is 24.0 Å². The van der Waals surface area contributed by atoms with E-state index in [1.54, 1.807) is 13.2 Å². The summed E-state index contributed by atoms with van der Waals surface area (Å²) in [6.45, 7) is 6.82. The van der Waals surface area contributed by atoms with Crippen molar-refractivity contribution in [2.75, 3.05) is 33.4 Å². The number of nitrogens with one attached hydrogen (secondary N) is 2. The van der Waals surface area contributed by atoms with Crippen molar-refractivity contribution >= 4 is 29.9 Å². The number of nitrogens with zero attached hydrogens (tertiary/aromatic N) is 3. The highest BCUT2D eigenvalue weighted by molar-refractivity contribution is 14.0. The summed E-state index contributed by atoms with van der Waals surface area (Å²) in [5.74, 6) is 2.22. The average Bonchev–Trinajstić information content (AvgIpc) is 3.41. The molecule has 1 saturated heterocycles. The van der Waals surface area contributed by atoms with E-state index in [2.05, 4.69) is 45.8 Å². The first-order valence-corrected chi connectivity index (χ1v) is 9.96. The predicted octanol–water partition coefficient (Wildman–Crippen LogP) is 2.98. The highest BCUT2D eigenvalue weighted by atomic mass is 127. The number of hydrogen-bond acceptors (Lipinski definition) is 4. The van der Waals surface area contributed by atoms with Crippen molar-refractivity contribution in [3.63, 3.8) is 0 Å². The molecule has 1 atom stereocenters. The van der Waals surface area contributed by atoms with Gasteiger partial charge in [0.05, 0.1) is 13.2 Å². The van der Waals surface area contributed by atoms with Gasteiger partial charge in [-0.3, -0.25) is 9.67 Å². The summed E-state index contributed by atoms with van der Waals surface area (Å²) in [4.78, 5) is 4.31. The highest BCUT2D eigenvalue weighted by Crippen LogP contribution is 2.22. The third kappa shape index (κ3) is 7.85. The molecule has 1 fully saturated rings. The number of benzene rings is 1. The van der Waals surface area contributed by atoms with Crippen molar-refractivity contribution in [1.29, 1.82) is 0 Å². The van der Waals surface area contributed by atoms with Gasteiger partial charge in [-0.25, -0.2) is 0 Å². The zero-order valence-electron chi connectivity index (χ0n) is 17.3. The van der Waals surface area contributed by atoms with Crippen molar-refractivity contribution in [1.82, 2.24) is 20.4 Å². The van der Waals surface area contributed by atoms with Crippen molar-refractivity contribution in [3.05, 3.63) is 47.8 Å². The molecule has 1 aromatic carbocycles. The topological polar surface area (TPSA) is 72.7 Å². The molecule has 0 amide bonds. The number of guanidine groups is 1. The van der Waals surface area contributed by atoms with Crippen LogP contribution in [0.25, 0.3) is 0 Å². The Bertz CT molecular complexity index is 746. The van der Waals surface area contributed by atoms with Gasteiger partial charge in [-0.2, -0.15) is 5.10 Å². The van der Waals surface area contributed by atoms with Crippen LogP contribution >= 0.6 is 24.0 Å². The van der Waals surface area contributed by atoms with E-state index in [9.17, 15) is 0 Å². The number of rotatable bonds is 9. The van der Waals surface area contributed by atoms with E-state index in [0.717, 1.165) is 56.4 Å². The summed E-state index contributed by atoms with van der Waals surface area (Å²) < 4.78 is 13.5. The Morgan fingerprint density at radius 1 is 1.38 bits per heavy atom. The second kappa shape index (κ2) is 12.7. The summed E-state index contributed by atoms with van der Waals surface area (Å²) in [6, 6.07) is 8.28. The molecule has 2 heterocycles. The number of hydrogen-bond donors (Lipinski definition) is 2. The summed E-state index contributed by atoms with van der Waals surface area (Å²) >= 11 is 0. The van der Waals surface area contributed by atoms with Gasteiger partial charge in [0.2, 0.25) is 0 Å². The zero-order chi connectivity index (χ0) is 19.6. The van der Waals surface area contributed by atoms with Crippen LogP contribution in [0.15, 0.2) is 41.7 Å². The maximum atomic E-state index is 6.12. The largest absolute Gasteiger partial charge is 0.493 e. The van der Waals surface area contributed by atoms with Crippen molar-refractivity contribution in [2.24, 2.45) is 10.9 Å². The Kier molecular flexibility index (Phi) is 10.3. The molecule has 0 bridgehead atoms. The SMILES string of the molecule is CN=C(NCCCn1cccn1)NCc1ccc(C)cc1OCC1CCOC1.I. The van der Waals surface area contributed by atoms with Crippen molar-refractivity contribution < 1.29 is 9.47 Å². The predicted molar refractivity (Wildman–Crippen MR) is 126 cm³/mol. The Hall–Kier alpha value is -1.81. The van der Waals surface area contributed by atoms with Crippen LogP contribution < -0.4 is 15.4 Å². The van der Waals surface area contributed by atoms with Crippen LogP contribution in [0.3, 0.4) is 0 Å². The minimum atomic E-state index is 0. The molecular formula is C21H32IN5O2. The number of halogens is 1. The van der Waals surface area contributed by atoms with Gasteiger partial charge in [0.25, 0.3) is 0 Å². The number of aromatic nitrogens is 2. The third-order valence-corrected chi connectivity index (χ3v) is 4.81. The fourth-order valence-corrected chi connectivity index (χ4v) is 3.14. The number of ether oxygens (including phenoxy) is 2. The van der Waals surface area contributed by atoms with Crippen LogP contribution in [0.4, 0.5) is 0 Å². The summed E-state index contributed by atoms with van der Waals surface area (Å²) in [5, 5.41) is 10.9. The Labute approximate surface area is 190 Å². The molecule has 1 aromatic heterocycles. The number of aryl methyl sites for hydroxylation is 2. The molecule has 2 aromatic rings. The lowest BCUT2D eigenvalue weighted by atomic mass is 10.1. The molecule has 0 radical (unpaired) electrons. The van der Waals surface area contributed by atoms with Gasteiger partial charge in [0, 0.05) is 57.2 Å². The van der Waals surface area contributed by atoms with Crippen LogP contribution in [-0.2, 0) is 17.8 Å². The molecule has 1 aliphatic rings. The molecule has 1 unspecified atom stereocenters. The minimum absolute atomic E-state index is 0. The van der Waals surface area contributed by atoms with Crippen molar-refractivity contribution in [2.45, 2.75) is 32.9 Å². The molecule has 3 rings (SSSR count). The van der Waals surface area contributed by atoms with Crippen LogP contribution in [0.1, 0.15) is 24.0 Å². The average molecular weight is 513 g/mol. The van der Waals surface area contributed by atoms with Crippen molar-refractivity contribution in [3.8, 4) is 5.75 Å². The standard InChI is InChI=1S/C21H31N5O2.HI/c1-17-5-6-19(20(13-17)28-16-18-7-12-27-15-18)14-24-21(22-2)23-8-3-10-26-11-4-9-25-26;/h4-6,9,11,13,18H,3,7-8,10,12,14-16H2,1-2H3,(H2,22,23,24);1H. The van der Waals surface area contributed by atoms with Gasteiger partial charge in [0.1, 0.15) is 5.75 Å². The third-order valence-electron chi connectivity index (χ3n) is 4.81. The molecule has 0 aliphatic carbocycles. The molecule has 1 aliphatic heterocycles. The lowest BCUT2D eigenvalue weighted by Gasteiger charge is -2.17. The smallest absolute Gasteiger partial charge is 0.191 e. The lowest BCUT2D eigenvalue weighted by Crippen LogP contribution is -2.37. The molecule has 8 heteroatoms. The van der Waals surface area contributed by atoms with E-state index >= 15 is 0 Å². The van der Waals surface area contributed by atoms with Gasteiger partial charge in [0.15, 0.2) is 5.96 Å². The maximum Gasteiger partial charge on any atom is 0.191 e. The fraction of sp³-hybridized carbons (Fsp3) is 0.524. The fourth-order valence-electron chi connectivity index (χ4n) is 3.14. The zero-order valence-corrected chi connectivity index (χ0v) is 19.6. The van der Waals surface area contributed by atoms with E-state index in [1.807, 2.05) is 16.9 Å². The monoisotopic (exact) mass is 513 g/mol. The second-order valence-corrected chi connectivity index (χ2v) is 7.13. The molecule has 0 saturated carbocycles. The van der Waals surface area contributed by atoms with Gasteiger partial charge < -0.3 is 20.1 Å². The maximum absolute atomic E-state index is 6.12. The molecular weight excluding hydrogens is 481 g/mol. The first kappa shape index (κ1) is 23.5. The van der Waals surface area contributed by atoms with Gasteiger partial charge in [-0.1, -0.05) is 12.1 Å². The normalized spacial score (nSPS) is 16.3. The second-order valence-electron chi connectivity index (χ2n) is 7.13. The van der Waals surface area contributed by atoms with E-state index in [0.29, 0.717) is 19.1 Å². The van der Waals surface area contributed by atoms with E-state index in [-0.39, 0.29) is 24.0 Å². The van der Waals surface area contributed by atoms with Gasteiger partial charge >= 0.3 is 0 Å². The lowest BCUT2D eigenvalue weighted by molar-refractivity contribution is 0.166. The molecule has 0 spiro atoms. The van der Waals surface area contributed by atoms with E-state index < -0.39 is 0 Å². The summed E-state index contributed by atoms with van der Waals surface area (Å²) in [7, 11) is 1.79. The Morgan fingerprint density at radius 2 is 2.28 bits per heavy atom. The Balaban J connectivity index is 0.00000300. The van der Waals surface area contributed by atoms with Crippen LogP contribution in [0, 0.1) is 12.8 Å². The Morgan fingerprint density at radius 3 is 3.00 bits per heavy atom. The first-order valence-electron chi connectivity index (χ1n) is 9.96. The van der Waals surface area contributed by atoms with Crippen LogP contribution in [-0.4, -0.2) is 49.2 Å². The summed E-state index contributed by atoms with van der Waals surface area (Å²) in [6.07, 6.45) is 5.83. The van der Waals surface area contributed by atoms with Crippen LogP contribution in [0.5, 0.6) is 5.75 Å². The molecule has 160 valence electrons. The molecule has 29 heavy (non-hydrogen) atoms. The molecule has 2 N–H and O–H groups in total. The molecule has 7 nitrogen and oxygen atoms in total. The minimum Gasteiger partial charge on any atom is -0.493 e. The quantitative estimate of drug-likeness (QED) is 0.234. The van der Waals surface area contributed by atoms with Crippen LogP contribution in [0.2, 0.25) is 0 Å². The van der Waals surface area contributed by atoms with E-state index in [4.69, 9.17) is 9.47 Å². The van der Waals surface area contributed by atoms with Gasteiger partial charge in [-0.05, 0) is 37.5 Å². The first-order chi connectivity index (χ1) is 13.7. The number of aliphatic imine (C=N–C) groups is 1. The van der Waals surface area contributed by atoms with E-state index in [1.165, 1.54) is 5.56 Å². The highest BCUT2D eigenvalue weighted by Gasteiger charge is 2.17.